The number of hydrogen-bond donors (Lipinski definition) is 2. The third-order valence-corrected chi connectivity index (χ3v) is 11.5. The fraction of sp³-hybridized carbons (Fsp3) is 0.714. The minimum Gasteiger partial charge on any atom is -0.407 e. The molecule has 1 aliphatic heterocycles. The van der Waals surface area contributed by atoms with Gasteiger partial charge in [-0.25, -0.2) is 4.79 Å². The average Bonchev–Trinajstić information content (AvgIpc) is 3.09. The number of aromatic nitrogens is 2. The highest BCUT2D eigenvalue weighted by Gasteiger charge is 2.52. The Balaban J connectivity index is 0.00000648. The number of rotatable bonds is 12. The van der Waals surface area contributed by atoms with Crippen molar-refractivity contribution >= 4 is 25.3 Å². The molecule has 1 saturated heterocycles. The van der Waals surface area contributed by atoms with Crippen LogP contribution in [0.2, 0.25) is 18.1 Å². The summed E-state index contributed by atoms with van der Waals surface area (Å²) in [7, 11) is -4.49. The van der Waals surface area contributed by atoms with E-state index >= 15 is 0 Å². The molecular formula is C21H33BN4O8PSi. The van der Waals surface area contributed by atoms with Crippen molar-refractivity contribution in [3.05, 3.63) is 33.1 Å². The summed E-state index contributed by atoms with van der Waals surface area (Å²) in [5.41, 5.74) is -1.25. The Hall–Kier alpha value is -1.87. The maximum atomic E-state index is 12.6. The second kappa shape index (κ2) is 14.2. The monoisotopic (exact) mass is 539 g/mol. The van der Waals surface area contributed by atoms with Crippen LogP contribution >= 0.6 is 8.60 Å². The van der Waals surface area contributed by atoms with Gasteiger partial charge < -0.3 is 27.8 Å². The van der Waals surface area contributed by atoms with Crippen LogP contribution in [0.1, 0.15) is 39.8 Å². The molecule has 0 aromatic carbocycles. The zero-order valence-corrected chi connectivity index (χ0v) is 23.1. The van der Waals surface area contributed by atoms with Crippen LogP contribution in [0.5, 0.6) is 0 Å². The van der Waals surface area contributed by atoms with Crippen molar-refractivity contribution in [2.24, 2.45) is 0 Å². The molecule has 2 rings (SSSR count). The molecule has 1 aliphatic rings. The van der Waals surface area contributed by atoms with Crippen molar-refractivity contribution in [2.45, 2.75) is 76.3 Å². The van der Waals surface area contributed by atoms with Gasteiger partial charge in [-0.2, -0.15) is 10.5 Å². The molecule has 2 N–H and O–H groups in total. The van der Waals surface area contributed by atoms with Crippen molar-refractivity contribution in [2.75, 3.05) is 19.8 Å². The molecule has 0 aliphatic carbocycles. The normalized spacial score (nSPS) is 22.1. The summed E-state index contributed by atoms with van der Waals surface area (Å²) in [4.78, 5) is 26.4. The molecule has 2 heterocycles. The van der Waals surface area contributed by atoms with Crippen LogP contribution in [0.15, 0.2) is 21.9 Å². The molecule has 4 atom stereocenters. The van der Waals surface area contributed by atoms with Gasteiger partial charge in [-0.05, 0) is 18.1 Å². The van der Waals surface area contributed by atoms with E-state index in [1.807, 2.05) is 25.2 Å². The molecule has 12 nitrogen and oxygen atoms in total. The van der Waals surface area contributed by atoms with Crippen LogP contribution in [0.25, 0.3) is 0 Å². The third kappa shape index (κ3) is 8.33. The van der Waals surface area contributed by atoms with E-state index in [0.717, 1.165) is 0 Å². The van der Waals surface area contributed by atoms with Gasteiger partial charge in [0.15, 0.2) is 14.5 Å². The Morgan fingerprint density at radius 3 is 2.22 bits per heavy atom. The van der Waals surface area contributed by atoms with E-state index in [9.17, 15) is 14.7 Å². The highest BCUT2D eigenvalue weighted by atomic mass is 31.2. The van der Waals surface area contributed by atoms with Gasteiger partial charge in [-0.1, -0.05) is 20.8 Å². The number of aliphatic hydroxyl groups excluding tert-OH is 1. The molecule has 1 aromatic rings. The number of H-pyrrole nitrogens is 1. The molecule has 0 amide bonds. The number of nitrogens with one attached hydrogen (secondary N) is 1. The standard InChI is InChI=1S/C21H33N4O8PSi.B/c1-21(2,3)35(4,5)33-18-17(32-34(29-12-6-9-22)30-13-7-10-23)15(14-26)31-19(18)25-11-8-16(27)24-20(25)28;/h8,11,15,17-19,26H,6-7,12-14H2,1-5H3,(H,24,27,28);/t15-,17-,18-,19-;/m1./s1. The molecule has 0 unspecified atom stereocenters. The SMILES string of the molecule is CC(C)(C)[Si](C)(C)O[C@@H]1[C@H](OP(OCCC#N)OCCC#N)[C@@H](CO)O[C@H]1n1ccc(=O)[nH]c1=O.[B]. The Morgan fingerprint density at radius 2 is 1.75 bits per heavy atom. The Morgan fingerprint density at radius 1 is 1.17 bits per heavy atom. The van der Waals surface area contributed by atoms with Gasteiger partial charge in [-0.15, -0.1) is 0 Å². The summed E-state index contributed by atoms with van der Waals surface area (Å²) < 4.78 is 31.2. The second-order valence-corrected chi connectivity index (χ2v) is 15.3. The molecule has 15 heteroatoms. The molecule has 0 saturated carbocycles. The summed E-state index contributed by atoms with van der Waals surface area (Å²) in [6, 6.07) is 5.14. The van der Waals surface area contributed by atoms with Gasteiger partial charge in [0.1, 0.15) is 18.3 Å². The van der Waals surface area contributed by atoms with E-state index < -0.39 is 59.3 Å². The smallest absolute Gasteiger partial charge is 0.333 e. The maximum absolute atomic E-state index is 12.6. The molecule has 0 bridgehead atoms. The Kier molecular flexibility index (Phi) is 12.7. The lowest BCUT2D eigenvalue weighted by Crippen LogP contribution is -2.50. The molecule has 3 radical (unpaired) electrons. The van der Waals surface area contributed by atoms with E-state index in [4.69, 9.17) is 33.3 Å². The fourth-order valence-corrected chi connectivity index (χ4v) is 5.42. The first-order chi connectivity index (χ1) is 16.4. The minimum atomic E-state index is -2.46. The van der Waals surface area contributed by atoms with Gasteiger partial charge >= 0.3 is 14.3 Å². The highest BCUT2D eigenvalue weighted by Crippen LogP contribution is 2.48. The number of nitrogens with zero attached hydrogens (tertiary/aromatic N) is 3. The molecule has 36 heavy (non-hydrogen) atoms. The number of aliphatic hydroxyl groups is 1. The van der Waals surface area contributed by atoms with Crippen LogP contribution in [0, 0.1) is 22.7 Å². The minimum absolute atomic E-state index is 0. The molecule has 197 valence electrons. The summed E-state index contributed by atoms with van der Waals surface area (Å²) in [6.07, 6.45) is -2.17. The molecule has 1 aromatic heterocycles. The van der Waals surface area contributed by atoms with Gasteiger partial charge in [0.25, 0.3) is 5.56 Å². The van der Waals surface area contributed by atoms with Crippen molar-refractivity contribution < 1.29 is 27.8 Å². The molecular weight excluding hydrogens is 506 g/mol. The van der Waals surface area contributed by atoms with E-state index in [-0.39, 0.29) is 39.5 Å². The van der Waals surface area contributed by atoms with Gasteiger partial charge in [-0.3, -0.25) is 14.3 Å². The van der Waals surface area contributed by atoms with Crippen molar-refractivity contribution in [3.8, 4) is 12.1 Å². The van der Waals surface area contributed by atoms with Gasteiger partial charge in [0, 0.05) is 20.7 Å². The lowest BCUT2D eigenvalue weighted by molar-refractivity contribution is -0.0531. The maximum Gasteiger partial charge on any atom is 0.333 e. The van der Waals surface area contributed by atoms with Crippen molar-refractivity contribution in [1.82, 2.24) is 9.55 Å². The summed E-state index contributed by atoms with van der Waals surface area (Å²) in [5, 5.41) is 27.5. The predicted molar refractivity (Wildman–Crippen MR) is 134 cm³/mol. The van der Waals surface area contributed by atoms with E-state index in [0.29, 0.717) is 0 Å². The van der Waals surface area contributed by atoms with Gasteiger partial charge in [0.05, 0.1) is 44.8 Å². The Bertz CT molecular complexity index is 1010. The van der Waals surface area contributed by atoms with Crippen LogP contribution in [-0.4, -0.2) is 69.5 Å². The van der Waals surface area contributed by atoms with Crippen molar-refractivity contribution in [1.29, 1.82) is 10.5 Å². The van der Waals surface area contributed by atoms with E-state index in [2.05, 4.69) is 25.8 Å². The van der Waals surface area contributed by atoms with E-state index in [1.165, 1.54) is 16.8 Å². The van der Waals surface area contributed by atoms with Crippen LogP contribution in [0.3, 0.4) is 0 Å². The van der Waals surface area contributed by atoms with Gasteiger partial charge in [0.2, 0.25) is 0 Å². The first kappa shape index (κ1) is 32.2. The van der Waals surface area contributed by atoms with Crippen LogP contribution < -0.4 is 11.2 Å². The zero-order chi connectivity index (χ0) is 26.2. The topological polar surface area (TPSA) is 169 Å². The number of aromatic amines is 1. The second-order valence-electron chi connectivity index (χ2n) is 9.38. The summed E-state index contributed by atoms with van der Waals surface area (Å²) >= 11 is 0. The zero-order valence-electron chi connectivity index (χ0n) is 21.2. The summed E-state index contributed by atoms with van der Waals surface area (Å²) in [6.45, 7) is 9.86. The third-order valence-electron chi connectivity index (χ3n) is 5.86. The lowest BCUT2D eigenvalue weighted by Gasteiger charge is -2.40. The van der Waals surface area contributed by atoms with Crippen LogP contribution in [-0.2, 0) is 22.7 Å². The lowest BCUT2D eigenvalue weighted by atomic mass is 10.1. The Labute approximate surface area is 214 Å². The first-order valence-corrected chi connectivity index (χ1v) is 15.2. The predicted octanol–water partition coefficient (Wildman–Crippen LogP) is 1.91. The highest BCUT2D eigenvalue weighted by molar-refractivity contribution is 7.41. The number of nitriles is 2. The molecule has 1 fully saturated rings. The fourth-order valence-electron chi connectivity index (χ4n) is 3.01. The number of ether oxygens (including phenoxy) is 1. The molecule has 0 spiro atoms. The van der Waals surface area contributed by atoms with E-state index in [1.54, 1.807) is 0 Å². The average molecular weight is 539 g/mol. The quantitative estimate of drug-likeness (QED) is 0.227. The largest absolute Gasteiger partial charge is 0.407 e. The summed E-state index contributed by atoms with van der Waals surface area (Å²) in [5.74, 6) is 0. The van der Waals surface area contributed by atoms with Crippen LogP contribution in [0.4, 0.5) is 0 Å². The van der Waals surface area contributed by atoms with Crippen molar-refractivity contribution in [3.63, 3.8) is 0 Å². The first-order valence-electron chi connectivity index (χ1n) is 11.2. The number of hydrogen-bond acceptors (Lipinski definition) is 10.